The fourth-order valence-corrected chi connectivity index (χ4v) is 3.93. The summed E-state index contributed by atoms with van der Waals surface area (Å²) in [4.78, 5) is 0.360. The number of hydrogen-bond acceptors (Lipinski definition) is 3. The summed E-state index contributed by atoms with van der Waals surface area (Å²) in [7, 11) is -3.42. The molecule has 0 amide bonds. The van der Waals surface area contributed by atoms with Gasteiger partial charge in [0.2, 0.25) is 10.0 Å². The van der Waals surface area contributed by atoms with Crippen LogP contribution >= 0.6 is 0 Å². The molecule has 0 bridgehead atoms. The zero-order chi connectivity index (χ0) is 15.0. The lowest BCUT2D eigenvalue weighted by Crippen LogP contribution is -2.46. The first kappa shape index (κ1) is 15.5. The average Bonchev–Trinajstić information content (AvgIpc) is 2.38. The molecule has 2 rings (SSSR count). The Bertz CT molecular complexity index is 558. The summed E-state index contributed by atoms with van der Waals surface area (Å²) >= 11 is 0. The summed E-state index contributed by atoms with van der Waals surface area (Å²) in [5, 5.41) is 0. The predicted molar refractivity (Wildman–Crippen MR) is 79.3 cm³/mol. The van der Waals surface area contributed by atoms with E-state index in [0.29, 0.717) is 24.7 Å². The van der Waals surface area contributed by atoms with Gasteiger partial charge in [-0.15, -0.1) is 0 Å². The third-order valence-corrected chi connectivity index (χ3v) is 5.66. The van der Waals surface area contributed by atoms with Crippen molar-refractivity contribution in [3.05, 3.63) is 29.8 Å². The molecule has 1 heterocycles. The molecule has 1 atom stereocenters. The zero-order valence-corrected chi connectivity index (χ0v) is 13.4. The zero-order valence-electron chi connectivity index (χ0n) is 12.6. The van der Waals surface area contributed by atoms with E-state index < -0.39 is 10.0 Å². The Morgan fingerprint density at radius 1 is 1.20 bits per heavy atom. The van der Waals surface area contributed by atoms with Crippen LogP contribution in [0.25, 0.3) is 0 Å². The smallest absolute Gasteiger partial charge is 0.243 e. The summed E-state index contributed by atoms with van der Waals surface area (Å²) in [6, 6.07) is 7.10. The van der Waals surface area contributed by atoms with Crippen molar-refractivity contribution < 1.29 is 13.2 Å². The quantitative estimate of drug-likeness (QED) is 0.842. The van der Waals surface area contributed by atoms with Crippen LogP contribution in [0.4, 0.5) is 0 Å². The highest BCUT2D eigenvalue weighted by Crippen LogP contribution is 2.25. The second kappa shape index (κ2) is 5.47. The summed E-state index contributed by atoms with van der Waals surface area (Å²) in [6.07, 6.45) is 0. The monoisotopic (exact) mass is 297 g/mol. The van der Waals surface area contributed by atoms with Gasteiger partial charge in [0.1, 0.15) is 0 Å². The minimum atomic E-state index is -3.42. The first-order valence-electron chi connectivity index (χ1n) is 6.93. The van der Waals surface area contributed by atoms with Crippen LogP contribution in [0.5, 0.6) is 0 Å². The highest BCUT2D eigenvalue weighted by molar-refractivity contribution is 7.89. The van der Waals surface area contributed by atoms with Gasteiger partial charge in [-0.25, -0.2) is 8.42 Å². The highest BCUT2D eigenvalue weighted by atomic mass is 32.2. The van der Waals surface area contributed by atoms with Crippen molar-refractivity contribution in [3.8, 4) is 0 Å². The Balaban J connectivity index is 2.30. The molecule has 1 fully saturated rings. The summed E-state index contributed by atoms with van der Waals surface area (Å²) in [6.45, 7) is 9.55. The van der Waals surface area contributed by atoms with Gasteiger partial charge in [-0.05, 0) is 30.0 Å². The average molecular weight is 297 g/mol. The Morgan fingerprint density at radius 3 is 2.30 bits per heavy atom. The van der Waals surface area contributed by atoms with Crippen LogP contribution in [0.2, 0.25) is 0 Å². The highest BCUT2D eigenvalue weighted by Gasteiger charge is 2.31. The molecular weight excluding hydrogens is 274 g/mol. The molecule has 1 aromatic carbocycles. The summed E-state index contributed by atoms with van der Waals surface area (Å²) in [5.74, 6) is 0. The van der Waals surface area contributed by atoms with E-state index in [9.17, 15) is 8.42 Å². The molecule has 0 spiro atoms. The number of morpholine rings is 1. The lowest BCUT2D eigenvalue weighted by Gasteiger charge is -2.32. The molecule has 20 heavy (non-hydrogen) atoms. The van der Waals surface area contributed by atoms with E-state index in [1.54, 1.807) is 12.1 Å². The fourth-order valence-electron chi connectivity index (χ4n) is 2.33. The molecule has 1 aliphatic heterocycles. The second-order valence-corrected chi connectivity index (χ2v) is 8.20. The van der Waals surface area contributed by atoms with E-state index in [2.05, 4.69) is 20.8 Å². The number of nitrogens with zero attached hydrogens (tertiary/aromatic N) is 1. The molecule has 1 saturated heterocycles. The van der Waals surface area contributed by atoms with Gasteiger partial charge in [0.25, 0.3) is 0 Å². The largest absolute Gasteiger partial charge is 0.378 e. The predicted octanol–water partition coefficient (Wildman–Crippen LogP) is 2.39. The van der Waals surface area contributed by atoms with Gasteiger partial charge in [0, 0.05) is 12.6 Å². The van der Waals surface area contributed by atoms with Crippen LogP contribution in [0, 0.1) is 0 Å². The molecule has 112 valence electrons. The molecule has 1 aliphatic rings. The summed E-state index contributed by atoms with van der Waals surface area (Å²) < 4.78 is 32.1. The standard InChI is InChI=1S/C15H23NO3S/c1-12-11-19-10-9-16(12)20(17,18)14-7-5-13(6-8-14)15(2,3)4/h5-8,12H,9-11H2,1-4H3/t12-/m0/s1. The minimum absolute atomic E-state index is 0.0224. The van der Waals surface area contributed by atoms with Gasteiger partial charge in [-0.2, -0.15) is 4.31 Å². The first-order chi connectivity index (χ1) is 9.23. The first-order valence-corrected chi connectivity index (χ1v) is 8.37. The van der Waals surface area contributed by atoms with Crippen LogP contribution in [-0.4, -0.2) is 38.5 Å². The molecule has 0 aliphatic carbocycles. The molecule has 0 aromatic heterocycles. The molecule has 0 N–H and O–H groups in total. The van der Waals surface area contributed by atoms with E-state index in [-0.39, 0.29) is 11.5 Å². The minimum Gasteiger partial charge on any atom is -0.378 e. The Kier molecular flexibility index (Phi) is 4.23. The van der Waals surface area contributed by atoms with Crippen molar-refractivity contribution in [1.82, 2.24) is 4.31 Å². The van der Waals surface area contributed by atoms with Gasteiger partial charge in [0.05, 0.1) is 18.1 Å². The maximum atomic E-state index is 12.6. The van der Waals surface area contributed by atoms with Gasteiger partial charge >= 0.3 is 0 Å². The topological polar surface area (TPSA) is 46.6 Å². The van der Waals surface area contributed by atoms with E-state index in [1.807, 2.05) is 19.1 Å². The SMILES string of the molecule is C[C@H]1COCCN1S(=O)(=O)c1ccc(C(C)(C)C)cc1. The van der Waals surface area contributed by atoms with Crippen molar-refractivity contribution in [2.24, 2.45) is 0 Å². The number of ether oxygens (including phenoxy) is 1. The second-order valence-electron chi connectivity index (χ2n) is 6.31. The van der Waals surface area contributed by atoms with Gasteiger partial charge in [-0.1, -0.05) is 32.9 Å². The molecule has 0 radical (unpaired) electrons. The van der Waals surface area contributed by atoms with Gasteiger partial charge in [0.15, 0.2) is 0 Å². The van der Waals surface area contributed by atoms with Crippen LogP contribution in [0.3, 0.4) is 0 Å². The van der Waals surface area contributed by atoms with E-state index in [4.69, 9.17) is 4.74 Å². The Hall–Kier alpha value is -0.910. The lowest BCUT2D eigenvalue weighted by atomic mass is 9.87. The normalized spacial score (nSPS) is 21.9. The molecule has 4 nitrogen and oxygen atoms in total. The number of rotatable bonds is 2. The van der Waals surface area contributed by atoms with Crippen LogP contribution in [-0.2, 0) is 20.2 Å². The third-order valence-electron chi connectivity index (χ3n) is 3.63. The maximum Gasteiger partial charge on any atom is 0.243 e. The molecular formula is C15H23NO3S. The van der Waals surface area contributed by atoms with E-state index in [1.165, 1.54) is 4.31 Å². The lowest BCUT2D eigenvalue weighted by molar-refractivity contribution is 0.0393. The molecule has 0 unspecified atom stereocenters. The van der Waals surface area contributed by atoms with E-state index in [0.717, 1.165) is 5.56 Å². The van der Waals surface area contributed by atoms with Gasteiger partial charge in [-0.3, -0.25) is 0 Å². The van der Waals surface area contributed by atoms with Crippen molar-refractivity contribution in [2.45, 2.75) is 44.0 Å². The van der Waals surface area contributed by atoms with Gasteiger partial charge < -0.3 is 4.74 Å². The summed E-state index contributed by atoms with van der Waals surface area (Å²) in [5.41, 5.74) is 1.15. The third kappa shape index (κ3) is 3.05. The van der Waals surface area contributed by atoms with Crippen LogP contribution < -0.4 is 0 Å². The fraction of sp³-hybridized carbons (Fsp3) is 0.600. The maximum absolute atomic E-state index is 12.6. The number of sulfonamides is 1. The number of benzene rings is 1. The number of hydrogen-bond donors (Lipinski definition) is 0. The van der Waals surface area contributed by atoms with Crippen molar-refractivity contribution in [1.29, 1.82) is 0 Å². The van der Waals surface area contributed by atoms with E-state index >= 15 is 0 Å². The van der Waals surface area contributed by atoms with Crippen molar-refractivity contribution in [3.63, 3.8) is 0 Å². The van der Waals surface area contributed by atoms with Crippen molar-refractivity contribution in [2.75, 3.05) is 19.8 Å². The Labute approximate surface area is 121 Å². The van der Waals surface area contributed by atoms with Crippen LogP contribution in [0.1, 0.15) is 33.3 Å². The molecule has 5 heteroatoms. The molecule has 1 aromatic rings. The van der Waals surface area contributed by atoms with Crippen LogP contribution in [0.15, 0.2) is 29.2 Å². The molecule has 0 saturated carbocycles. The Morgan fingerprint density at radius 2 is 1.80 bits per heavy atom. The van der Waals surface area contributed by atoms with Crippen molar-refractivity contribution >= 4 is 10.0 Å².